The van der Waals surface area contributed by atoms with Gasteiger partial charge in [0.1, 0.15) is 24.2 Å². The van der Waals surface area contributed by atoms with Crippen molar-refractivity contribution in [3.05, 3.63) is 35.9 Å². The smallest absolute Gasteiger partial charge is 0.246 e. The van der Waals surface area contributed by atoms with E-state index in [1.54, 1.807) is 14.1 Å². The van der Waals surface area contributed by atoms with Crippen molar-refractivity contribution in [3.8, 4) is 12.3 Å². The molecular formula is C36H57N5O5. The summed E-state index contributed by atoms with van der Waals surface area (Å²) in [5, 5.41) is 2.75. The molecule has 0 saturated carbocycles. The van der Waals surface area contributed by atoms with Crippen molar-refractivity contribution in [3.63, 3.8) is 0 Å². The maximum atomic E-state index is 14.1. The molecule has 5 atom stereocenters. The molecule has 0 fully saturated rings. The third-order valence-electron chi connectivity index (χ3n) is 8.54. The molecule has 10 heteroatoms. The summed E-state index contributed by atoms with van der Waals surface area (Å²) in [4.78, 5) is 71.8. The highest BCUT2D eigenvalue weighted by atomic mass is 16.2. The number of carbonyl (C=O) groups is 5. The lowest BCUT2D eigenvalue weighted by atomic mass is 9.94. The molecule has 5 amide bonds. The first-order valence-corrected chi connectivity index (χ1v) is 16.3. The fourth-order valence-corrected chi connectivity index (χ4v) is 6.03. The van der Waals surface area contributed by atoms with Crippen LogP contribution < -0.4 is 11.1 Å². The number of nitrogens with two attached hydrogens (primary N) is 1. The van der Waals surface area contributed by atoms with Crippen molar-refractivity contribution in [1.82, 2.24) is 20.0 Å². The Balaban J connectivity index is 3.23. The zero-order valence-electron chi connectivity index (χ0n) is 29.6. The molecule has 256 valence electrons. The summed E-state index contributed by atoms with van der Waals surface area (Å²) in [6.07, 6.45) is 8.53. The number of hydrogen-bond acceptors (Lipinski definition) is 5. The Bertz CT molecular complexity index is 1210. The lowest BCUT2D eigenvalue weighted by Gasteiger charge is -2.40. The van der Waals surface area contributed by atoms with Crippen LogP contribution in [0.2, 0.25) is 0 Å². The van der Waals surface area contributed by atoms with E-state index in [4.69, 9.17) is 12.2 Å². The molecule has 0 radical (unpaired) electrons. The molecular weight excluding hydrogens is 582 g/mol. The lowest BCUT2D eigenvalue weighted by molar-refractivity contribution is -0.155. The van der Waals surface area contributed by atoms with Crippen LogP contribution in [0.5, 0.6) is 0 Å². The molecule has 0 heterocycles. The Hall–Kier alpha value is -3.87. The van der Waals surface area contributed by atoms with Crippen LogP contribution in [0.1, 0.15) is 79.7 Å². The second kappa shape index (κ2) is 18.9. The van der Waals surface area contributed by atoms with Crippen LogP contribution in [-0.2, 0) is 30.4 Å². The number of hydrogen-bond donors (Lipinski definition) is 2. The van der Waals surface area contributed by atoms with Crippen LogP contribution >= 0.6 is 0 Å². The van der Waals surface area contributed by atoms with Crippen molar-refractivity contribution < 1.29 is 24.0 Å². The van der Waals surface area contributed by atoms with E-state index >= 15 is 0 Å². The third-order valence-corrected chi connectivity index (χ3v) is 8.54. The van der Waals surface area contributed by atoms with Gasteiger partial charge in [-0.25, -0.2) is 0 Å². The van der Waals surface area contributed by atoms with Gasteiger partial charge in [-0.2, -0.15) is 0 Å². The fourth-order valence-electron chi connectivity index (χ4n) is 6.03. The molecule has 46 heavy (non-hydrogen) atoms. The summed E-state index contributed by atoms with van der Waals surface area (Å²) < 4.78 is 0. The predicted octanol–water partition coefficient (Wildman–Crippen LogP) is 3.48. The summed E-state index contributed by atoms with van der Waals surface area (Å²) in [6.45, 7) is 12.9. The van der Waals surface area contributed by atoms with Crippen LogP contribution in [-0.4, -0.2) is 89.5 Å². The van der Waals surface area contributed by atoms with Gasteiger partial charge in [-0.15, -0.1) is 12.3 Å². The van der Waals surface area contributed by atoms with Crippen LogP contribution in [0.4, 0.5) is 0 Å². The van der Waals surface area contributed by atoms with Gasteiger partial charge < -0.3 is 25.8 Å². The monoisotopic (exact) mass is 639 g/mol. The minimum Gasteiger partial charge on any atom is -0.368 e. The van der Waals surface area contributed by atoms with Crippen molar-refractivity contribution in [2.75, 3.05) is 21.1 Å². The van der Waals surface area contributed by atoms with E-state index in [1.807, 2.05) is 78.8 Å². The van der Waals surface area contributed by atoms with E-state index < -0.39 is 41.9 Å². The molecule has 0 unspecified atom stereocenters. The maximum absolute atomic E-state index is 14.1. The van der Waals surface area contributed by atoms with Crippen LogP contribution in [0.15, 0.2) is 30.3 Å². The van der Waals surface area contributed by atoms with Gasteiger partial charge in [0.2, 0.25) is 29.5 Å². The van der Waals surface area contributed by atoms with Gasteiger partial charge in [-0.1, -0.05) is 85.2 Å². The number of nitrogens with zero attached hydrogens (tertiary/aromatic N) is 3. The molecule has 0 spiro atoms. The second-order valence-corrected chi connectivity index (χ2v) is 13.4. The highest BCUT2D eigenvalue weighted by molar-refractivity contribution is 5.95. The van der Waals surface area contributed by atoms with Gasteiger partial charge >= 0.3 is 0 Å². The summed E-state index contributed by atoms with van der Waals surface area (Å²) in [5.74, 6) is -0.616. The first-order chi connectivity index (χ1) is 21.5. The average molecular weight is 640 g/mol. The van der Waals surface area contributed by atoms with Gasteiger partial charge in [-0.3, -0.25) is 24.0 Å². The number of primary amides is 1. The largest absolute Gasteiger partial charge is 0.368 e. The number of amides is 5. The Morgan fingerprint density at radius 1 is 0.739 bits per heavy atom. The molecule has 0 saturated heterocycles. The van der Waals surface area contributed by atoms with Crippen LogP contribution in [0.3, 0.4) is 0 Å². The fraction of sp³-hybridized carbons (Fsp3) is 0.639. The van der Waals surface area contributed by atoms with E-state index in [0.717, 1.165) is 18.4 Å². The van der Waals surface area contributed by atoms with Crippen LogP contribution in [0.25, 0.3) is 0 Å². The molecule has 0 aliphatic heterocycles. The Kier molecular flexibility index (Phi) is 16.5. The Morgan fingerprint density at radius 2 is 1.20 bits per heavy atom. The van der Waals surface area contributed by atoms with E-state index in [2.05, 4.69) is 11.2 Å². The number of unbranched alkanes of at least 4 members (excludes halogenated alkanes) is 2. The summed E-state index contributed by atoms with van der Waals surface area (Å²) >= 11 is 0. The number of rotatable bonds is 18. The molecule has 3 N–H and O–H groups in total. The van der Waals surface area contributed by atoms with E-state index in [0.29, 0.717) is 12.8 Å². The van der Waals surface area contributed by atoms with Gasteiger partial charge in [0.25, 0.3) is 0 Å². The first-order valence-electron chi connectivity index (χ1n) is 16.3. The highest BCUT2D eigenvalue weighted by Gasteiger charge is 2.42. The topological polar surface area (TPSA) is 133 Å². The van der Waals surface area contributed by atoms with Crippen molar-refractivity contribution in [1.29, 1.82) is 0 Å². The molecule has 1 aromatic rings. The number of nitrogens with one attached hydrogen (secondary N) is 1. The normalized spacial score (nSPS) is 14.5. The molecule has 0 aromatic heterocycles. The van der Waals surface area contributed by atoms with Gasteiger partial charge in [0, 0.05) is 39.9 Å². The van der Waals surface area contributed by atoms with Gasteiger partial charge in [0.05, 0.1) is 0 Å². The minimum absolute atomic E-state index is 0.137. The first kappa shape index (κ1) is 40.2. The second-order valence-electron chi connectivity index (χ2n) is 13.4. The standard InChI is InChI=1S/C36H57N5O5/c1-12-13-14-16-19-26(8)34(44)40(10)30(24(4)5)36(46)41(11)31(25(6)7)35(45)39(9)29(23(2)3)33(43)38-28(32(37)42)22-27-20-17-15-18-21-27/h1,15,17-18,20-21,23-26,28-31H,13-14,16,19,22H2,2-11H3,(H2,37,42)(H,38,43)/t26-,28+,29+,30+,31+/m1/s1. The Labute approximate surface area is 276 Å². The predicted molar refractivity (Wildman–Crippen MR) is 182 cm³/mol. The number of benzene rings is 1. The Morgan fingerprint density at radius 3 is 1.63 bits per heavy atom. The highest BCUT2D eigenvalue weighted by Crippen LogP contribution is 2.23. The summed E-state index contributed by atoms with van der Waals surface area (Å²) in [7, 11) is 4.75. The number of carbonyl (C=O) groups excluding carboxylic acids is 5. The van der Waals surface area contributed by atoms with Gasteiger partial charge in [-0.05, 0) is 36.2 Å². The summed E-state index contributed by atoms with van der Waals surface area (Å²) in [6, 6.07) is 5.61. The average Bonchev–Trinajstić information content (AvgIpc) is 2.98. The zero-order valence-corrected chi connectivity index (χ0v) is 29.6. The van der Waals surface area contributed by atoms with E-state index in [9.17, 15) is 24.0 Å². The zero-order chi connectivity index (χ0) is 35.3. The quantitative estimate of drug-likeness (QED) is 0.188. The molecule has 1 aromatic carbocycles. The summed E-state index contributed by atoms with van der Waals surface area (Å²) in [5.41, 5.74) is 6.48. The van der Waals surface area contributed by atoms with Crippen molar-refractivity contribution in [2.45, 2.75) is 105 Å². The third kappa shape index (κ3) is 11.2. The molecule has 0 bridgehead atoms. The SMILES string of the molecule is C#CCCCC[C@@H](C)C(=O)N(C)[C@H](C(=O)N(C)[C@H](C(=O)N(C)[C@H](C(=O)N[C@@H](Cc1ccccc1)C(N)=O)C(C)C)C(C)C)C(C)C. The molecule has 0 aliphatic carbocycles. The molecule has 0 aliphatic rings. The molecule has 10 nitrogen and oxygen atoms in total. The lowest BCUT2D eigenvalue weighted by Crippen LogP contribution is -2.61. The van der Waals surface area contributed by atoms with Crippen molar-refractivity contribution in [2.24, 2.45) is 29.4 Å². The van der Waals surface area contributed by atoms with E-state index in [1.165, 1.54) is 21.7 Å². The maximum Gasteiger partial charge on any atom is 0.246 e. The van der Waals surface area contributed by atoms with Gasteiger partial charge in [0.15, 0.2) is 0 Å². The minimum atomic E-state index is -0.968. The van der Waals surface area contributed by atoms with E-state index in [-0.39, 0.29) is 41.9 Å². The number of likely N-dealkylation sites (N-methyl/N-ethyl adjacent to an activating group) is 3. The van der Waals surface area contributed by atoms with Crippen molar-refractivity contribution >= 4 is 29.5 Å². The van der Waals surface area contributed by atoms with Crippen LogP contribution in [0, 0.1) is 36.0 Å². The molecule has 1 rings (SSSR count). The number of terminal acetylenes is 1.